The van der Waals surface area contributed by atoms with Crippen LogP contribution in [0, 0.1) is 0 Å². The van der Waals surface area contributed by atoms with Gasteiger partial charge in [0.15, 0.2) is 0 Å². The Balaban J connectivity index is 2.39. The predicted octanol–water partition coefficient (Wildman–Crippen LogP) is 2.31. The molecule has 0 atom stereocenters. The van der Waals surface area contributed by atoms with Crippen LogP contribution in [0.15, 0.2) is 30.3 Å². The number of nitrogen functional groups attached to an aromatic ring is 1. The molecule has 84 valence electrons. The zero-order chi connectivity index (χ0) is 11.5. The summed E-state index contributed by atoms with van der Waals surface area (Å²) in [5, 5.41) is 1.04. The first-order valence-corrected chi connectivity index (χ1v) is 5.23. The first-order chi connectivity index (χ1) is 7.69. The number of hydrazine groups is 1. The molecule has 2 rings (SSSR count). The maximum Gasteiger partial charge on any atom is 0.140 e. The average molecular weight is 217 g/mol. The van der Waals surface area contributed by atoms with Gasteiger partial charge in [-0.15, -0.1) is 0 Å². The Kier molecular flexibility index (Phi) is 2.92. The maximum absolute atomic E-state index is 5.61. The SMILES string of the molecule is CC(C)Oc1ccc2nc(NN)ccc2c1. The highest BCUT2D eigenvalue weighted by molar-refractivity contribution is 5.81. The fourth-order valence-electron chi connectivity index (χ4n) is 1.53. The standard InChI is InChI=1S/C12H15N3O/c1-8(2)16-10-4-5-11-9(7-10)3-6-12(14-11)15-13/h3-8H,13H2,1-2H3,(H,14,15). The predicted molar refractivity (Wildman–Crippen MR) is 65.3 cm³/mol. The molecule has 1 heterocycles. The highest BCUT2D eigenvalue weighted by atomic mass is 16.5. The molecule has 1 aromatic carbocycles. The molecule has 0 saturated heterocycles. The van der Waals surface area contributed by atoms with Crippen LogP contribution in [0.1, 0.15) is 13.8 Å². The van der Waals surface area contributed by atoms with Crippen LogP contribution in [0.2, 0.25) is 0 Å². The van der Waals surface area contributed by atoms with Gasteiger partial charge in [-0.3, -0.25) is 0 Å². The molecule has 0 amide bonds. The van der Waals surface area contributed by atoms with Crippen LogP contribution < -0.4 is 16.0 Å². The van der Waals surface area contributed by atoms with E-state index in [0.717, 1.165) is 16.7 Å². The van der Waals surface area contributed by atoms with Crippen LogP contribution in [0.3, 0.4) is 0 Å². The number of hydrogen-bond acceptors (Lipinski definition) is 4. The zero-order valence-corrected chi connectivity index (χ0v) is 9.40. The summed E-state index contributed by atoms with van der Waals surface area (Å²) in [4.78, 5) is 4.32. The summed E-state index contributed by atoms with van der Waals surface area (Å²) in [6.07, 6.45) is 0.176. The molecule has 2 aromatic rings. The minimum absolute atomic E-state index is 0.176. The van der Waals surface area contributed by atoms with Crippen LogP contribution in [0.4, 0.5) is 5.82 Å². The van der Waals surface area contributed by atoms with E-state index in [-0.39, 0.29) is 6.10 Å². The molecule has 0 aliphatic rings. The molecule has 0 saturated carbocycles. The zero-order valence-electron chi connectivity index (χ0n) is 9.40. The Bertz CT molecular complexity index is 497. The van der Waals surface area contributed by atoms with Crippen LogP contribution in [0.5, 0.6) is 5.75 Å². The molecule has 0 unspecified atom stereocenters. The third-order valence-electron chi connectivity index (χ3n) is 2.18. The van der Waals surface area contributed by atoms with Crippen molar-refractivity contribution in [1.29, 1.82) is 0 Å². The summed E-state index contributed by atoms with van der Waals surface area (Å²) in [6.45, 7) is 4.01. The van der Waals surface area contributed by atoms with Gasteiger partial charge in [0.25, 0.3) is 0 Å². The van der Waals surface area contributed by atoms with Gasteiger partial charge in [0.05, 0.1) is 11.6 Å². The van der Waals surface area contributed by atoms with Crippen molar-refractivity contribution < 1.29 is 4.74 Å². The summed E-state index contributed by atoms with van der Waals surface area (Å²) in [6, 6.07) is 9.61. The molecule has 0 bridgehead atoms. The van der Waals surface area contributed by atoms with Crippen molar-refractivity contribution in [1.82, 2.24) is 4.98 Å². The van der Waals surface area contributed by atoms with E-state index in [1.165, 1.54) is 0 Å². The third-order valence-corrected chi connectivity index (χ3v) is 2.18. The van der Waals surface area contributed by atoms with Crippen LogP contribution >= 0.6 is 0 Å². The lowest BCUT2D eigenvalue weighted by molar-refractivity contribution is 0.243. The number of nitrogens with zero attached hydrogens (tertiary/aromatic N) is 1. The fraction of sp³-hybridized carbons (Fsp3) is 0.250. The number of ether oxygens (including phenoxy) is 1. The first-order valence-electron chi connectivity index (χ1n) is 5.23. The van der Waals surface area contributed by atoms with E-state index in [1.54, 1.807) is 0 Å². The molecule has 0 spiro atoms. The number of anilines is 1. The summed E-state index contributed by atoms with van der Waals surface area (Å²) < 4.78 is 5.61. The molecule has 1 aromatic heterocycles. The second kappa shape index (κ2) is 4.37. The quantitative estimate of drug-likeness (QED) is 0.611. The van der Waals surface area contributed by atoms with Gasteiger partial charge in [0, 0.05) is 5.39 Å². The smallest absolute Gasteiger partial charge is 0.140 e. The number of nitrogens with one attached hydrogen (secondary N) is 1. The summed E-state index contributed by atoms with van der Waals surface area (Å²) in [7, 11) is 0. The van der Waals surface area contributed by atoms with Crippen molar-refractivity contribution in [2.24, 2.45) is 5.84 Å². The summed E-state index contributed by atoms with van der Waals surface area (Å²) >= 11 is 0. The van der Waals surface area contributed by atoms with Crippen LogP contribution in [-0.2, 0) is 0 Å². The van der Waals surface area contributed by atoms with Gasteiger partial charge in [-0.2, -0.15) is 0 Å². The molecule has 0 fully saturated rings. The molecular weight excluding hydrogens is 202 g/mol. The molecular formula is C12H15N3O. The van der Waals surface area contributed by atoms with Crippen molar-refractivity contribution in [3.63, 3.8) is 0 Å². The lowest BCUT2D eigenvalue weighted by atomic mass is 10.2. The highest BCUT2D eigenvalue weighted by Gasteiger charge is 2.01. The largest absolute Gasteiger partial charge is 0.491 e. The molecule has 4 nitrogen and oxygen atoms in total. The van der Waals surface area contributed by atoms with Gasteiger partial charge >= 0.3 is 0 Å². The van der Waals surface area contributed by atoms with E-state index in [9.17, 15) is 0 Å². The second-order valence-corrected chi connectivity index (χ2v) is 3.86. The number of aromatic nitrogens is 1. The molecule has 16 heavy (non-hydrogen) atoms. The Labute approximate surface area is 94.4 Å². The average Bonchev–Trinajstić information content (AvgIpc) is 2.27. The van der Waals surface area contributed by atoms with Gasteiger partial charge < -0.3 is 10.2 Å². The monoisotopic (exact) mass is 217 g/mol. The van der Waals surface area contributed by atoms with E-state index in [1.807, 2.05) is 44.2 Å². The Morgan fingerprint density at radius 1 is 1.25 bits per heavy atom. The number of fused-ring (bicyclic) bond motifs is 1. The fourth-order valence-corrected chi connectivity index (χ4v) is 1.53. The van der Waals surface area contributed by atoms with E-state index in [0.29, 0.717) is 5.82 Å². The van der Waals surface area contributed by atoms with Crippen LogP contribution in [0.25, 0.3) is 10.9 Å². The summed E-state index contributed by atoms with van der Waals surface area (Å²) in [5.41, 5.74) is 3.42. The van der Waals surface area contributed by atoms with Crippen molar-refractivity contribution in [3.05, 3.63) is 30.3 Å². The van der Waals surface area contributed by atoms with Crippen molar-refractivity contribution in [2.45, 2.75) is 20.0 Å². The van der Waals surface area contributed by atoms with E-state index in [2.05, 4.69) is 10.4 Å². The molecule has 3 N–H and O–H groups in total. The molecule has 0 aliphatic heterocycles. The lowest BCUT2D eigenvalue weighted by Crippen LogP contribution is -2.08. The van der Waals surface area contributed by atoms with Gasteiger partial charge in [-0.25, -0.2) is 10.8 Å². The second-order valence-electron chi connectivity index (χ2n) is 3.86. The van der Waals surface area contributed by atoms with E-state index in [4.69, 9.17) is 10.6 Å². The van der Waals surface area contributed by atoms with Crippen molar-refractivity contribution in [2.75, 3.05) is 5.43 Å². The minimum Gasteiger partial charge on any atom is -0.491 e. The minimum atomic E-state index is 0.176. The maximum atomic E-state index is 5.61. The van der Waals surface area contributed by atoms with Gasteiger partial charge in [-0.1, -0.05) is 0 Å². The third kappa shape index (κ3) is 2.23. The number of pyridine rings is 1. The van der Waals surface area contributed by atoms with Gasteiger partial charge in [0.1, 0.15) is 11.6 Å². The molecule has 0 aliphatic carbocycles. The Morgan fingerprint density at radius 2 is 2.06 bits per heavy atom. The van der Waals surface area contributed by atoms with Crippen molar-refractivity contribution in [3.8, 4) is 5.75 Å². The highest BCUT2D eigenvalue weighted by Crippen LogP contribution is 2.21. The lowest BCUT2D eigenvalue weighted by Gasteiger charge is -2.10. The van der Waals surface area contributed by atoms with Gasteiger partial charge in [-0.05, 0) is 44.2 Å². The molecule has 0 radical (unpaired) electrons. The number of nitrogens with two attached hydrogens (primary N) is 1. The van der Waals surface area contributed by atoms with Crippen LogP contribution in [-0.4, -0.2) is 11.1 Å². The van der Waals surface area contributed by atoms with E-state index < -0.39 is 0 Å². The number of hydrogen-bond donors (Lipinski definition) is 2. The Hall–Kier alpha value is -1.81. The van der Waals surface area contributed by atoms with Gasteiger partial charge in [0.2, 0.25) is 0 Å². The Morgan fingerprint density at radius 3 is 2.75 bits per heavy atom. The summed E-state index contributed by atoms with van der Waals surface area (Å²) in [5.74, 6) is 6.82. The van der Waals surface area contributed by atoms with Crippen molar-refractivity contribution >= 4 is 16.7 Å². The number of rotatable bonds is 3. The number of benzene rings is 1. The molecule has 4 heteroatoms. The van der Waals surface area contributed by atoms with E-state index >= 15 is 0 Å². The normalized spacial score (nSPS) is 10.8. The first kappa shape index (κ1) is 10.7. The topological polar surface area (TPSA) is 60.2 Å².